The van der Waals surface area contributed by atoms with Gasteiger partial charge in [-0.15, -0.1) is 0 Å². The van der Waals surface area contributed by atoms with E-state index < -0.39 is 0 Å². The summed E-state index contributed by atoms with van der Waals surface area (Å²) in [7, 11) is 0. The zero-order valence-corrected chi connectivity index (χ0v) is 18.5. The molecule has 0 unspecified atom stereocenters. The molecular formula is C25H31N5O2. The van der Waals surface area contributed by atoms with Crippen LogP contribution in [-0.4, -0.2) is 54.9 Å². The number of aromatic nitrogens is 2. The topological polar surface area (TPSA) is 90.1 Å². The van der Waals surface area contributed by atoms with Crippen molar-refractivity contribution < 1.29 is 9.59 Å². The molecule has 2 aliphatic rings. The van der Waals surface area contributed by atoms with Gasteiger partial charge >= 0.3 is 0 Å². The van der Waals surface area contributed by atoms with Crippen molar-refractivity contribution in [2.75, 3.05) is 37.6 Å². The first-order valence-electron chi connectivity index (χ1n) is 11.9. The fourth-order valence-corrected chi connectivity index (χ4v) is 5.14. The summed E-state index contributed by atoms with van der Waals surface area (Å²) in [4.78, 5) is 34.4. The summed E-state index contributed by atoms with van der Waals surface area (Å²) in [6, 6.07) is 6.66. The van der Waals surface area contributed by atoms with Crippen LogP contribution in [0.4, 0.5) is 5.82 Å². The van der Waals surface area contributed by atoms with Gasteiger partial charge < -0.3 is 20.5 Å². The highest BCUT2D eigenvalue weighted by Gasteiger charge is 2.21. The Morgan fingerprint density at radius 2 is 1.94 bits per heavy atom. The van der Waals surface area contributed by atoms with Crippen molar-refractivity contribution in [3.8, 4) is 0 Å². The van der Waals surface area contributed by atoms with Crippen LogP contribution in [0.15, 0.2) is 24.4 Å². The first-order chi connectivity index (χ1) is 15.7. The predicted octanol–water partition coefficient (Wildman–Crippen LogP) is 3.49. The maximum Gasteiger partial charge on any atom is 0.221 e. The average molecular weight is 434 g/mol. The Kier molecular flexibility index (Phi) is 6.08. The summed E-state index contributed by atoms with van der Waals surface area (Å²) >= 11 is 0. The Morgan fingerprint density at radius 1 is 1.06 bits per heavy atom. The summed E-state index contributed by atoms with van der Waals surface area (Å²) in [5, 5.41) is 8.51. The van der Waals surface area contributed by atoms with Gasteiger partial charge in [0.25, 0.3) is 0 Å². The average Bonchev–Trinajstić information content (AvgIpc) is 3.22. The number of aromatic amines is 1. The van der Waals surface area contributed by atoms with Gasteiger partial charge in [-0.1, -0.05) is 12.1 Å². The van der Waals surface area contributed by atoms with Gasteiger partial charge in [-0.05, 0) is 62.7 Å². The number of fused-ring (bicyclic) bond motifs is 3. The molecule has 4 heterocycles. The third-order valence-corrected chi connectivity index (χ3v) is 6.93. The van der Waals surface area contributed by atoms with E-state index in [0.29, 0.717) is 24.4 Å². The van der Waals surface area contributed by atoms with Crippen molar-refractivity contribution in [2.24, 2.45) is 0 Å². The van der Waals surface area contributed by atoms with Crippen molar-refractivity contribution in [3.05, 3.63) is 35.5 Å². The smallest absolute Gasteiger partial charge is 0.221 e. The zero-order valence-electron chi connectivity index (χ0n) is 18.5. The third kappa shape index (κ3) is 4.09. The minimum absolute atomic E-state index is 0.0863. The molecule has 0 radical (unpaired) electrons. The number of nitrogens with one attached hydrogen (secondary N) is 3. The van der Waals surface area contributed by atoms with Crippen molar-refractivity contribution >= 4 is 39.8 Å². The molecule has 0 spiro atoms. The molecular weight excluding hydrogens is 402 g/mol. The van der Waals surface area contributed by atoms with E-state index in [1.54, 1.807) is 6.20 Å². The fraction of sp³-hybridized carbons (Fsp3) is 0.480. The summed E-state index contributed by atoms with van der Waals surface area (Å²) in [6.45, 7) is 4.35. The fourth-order valence-electron chi connectivity index (χ4n) is 5.14. The third-order valence-electron chi connectivity index (χ3n) is 6.93. The van der Waals surface area contributed by atoms with Crippen LogP contribution < -0.4 is 15.5 Å². The Hall–Kier alpha value is -2.93. The van der Waals surface area contributed by atoms with Crippen LogP contribution in [0.1, 0.15) is 60.4 Å². The molecule has 1 amide bonds. The van der Waals surface area contributed by atoms with Crippen molar-refractivity contribution in [3.63, 3.8) is 0 Å². The maximum absolute atomic E-state index is 12.2. The van der Waals surface area contributed by atoms with Gasteiger partial charge in [-0.25, -0.2) is 4.98 Å². The Balaban J connectivity index is 1.58. The summed E-state index contributed by atoms with van der Waals surface area (Å²) in [6.07, 6.45) is 8.39. The highest BCUT2D eigenvalue weighted by atomic mass is 16.1. The summed E-state index contributed by atoms with van der Waals surface area (Å²) in [5.74, 6) is 1.51. The number of piperidine rings is 1. The monoisotopic (exact) mass is 433 g/mol. The number of hydrogen-bond donors (Lipinski definition) is 3. The minimum Gasteiger partial charge on any atom is -0.356 e. The molecule has 2 saturated heterocycles. The molecule has 2 fully saturated rings. The number of anilines is 1. The number of hydrogen-bond acceptors (Lipinski definition) is 5. The van der Waals surface area contributed by atoms with Crippen LogP contribution in [0.5, 0.6) is 0 Å². The lowest BCUT2D eigenvalue weighted by molar-refractivity contribution is -0.120. The van der Waals surface area contributed by atoms with Gasteiger partial charge in [0.1, 0.15) is 5.82 Å². The molecule has 5 rings (SSSR count). The first-order valence-corrected chi connectivity index (χ1v) is 11.9. The lowest BCUT2D eigenvalue weighted by atomic mass is 9.90. The molecule has 0 atom stereocenters. The predicted molar refractivity (Wildman–Crippen MR) is 128 cm³/mol. The van der Waals surface area contributed by atoms with Crippen LogP contribution in [0.25, 0.3) is 21.8 Å². The van der Waals surface area contributed by atoms with Gasteiger partial charge in [0.05, 0.1) is 16.5 Å². The number of rotatable bonds is 3. The Morgan fingerprint density at radius 3 is 2.78 bits per heavy atom. The second kappa shape index (κ2) is 9.28. The maximum atomic E-state index is 12.2. The standard InChI is InChI=1S/C25H31N5O2/c31-16-19-15-28-25(30-12-3-1-2-9-27-22(32)8-13-30)23-20-5-4-18(14-21(20)29-24(19)23)17-6-10-26-11-7-17/h4-5,14-17,26,29H,1-3,6-13H2,(H,27,32). The lowest BCUT2D eigenvalue weighted by Gasteiger charge is -2.26. The first kappa shape index (κ1) is 20.9. The van der Waals surface area contributed by atoms with E-state index in [2.05, 4.69) is 38.7 Å². The van der Waals surface area contributed by atoms with E-state index >= 15 is 0 Å². The summed E-state index contributed by atoms with van der Waals surface area (Å²) in [5.41, 5.74) is 3.81. The van der Waals surface area contributed by atoms with Crippen molar-refractivity contribution in [2.45, 2.75) is 44.4 Å². The largest absolute Gasteiger partial charge is 0.356 e. The number of aldehydes is 1. The number of carbonyl (C=O) groups is 2. The molecule has 32 heavy (non-hydrogen) atoms. The van der Waals surface area contributed by atoms with E-state index in [1.807, 2.05) is 0 Å². The van der Waals surface area contributed by atoms with Gasteiger partial charge in [-0.3, -0.25) is 9.59 Å². The van der Waals surface area contributed by atoms with E-state index in [4.69, 9.17) is 4.98 Å². The van der Waals surface area contributed by atoms with Crippen molar-refractivity contribution in [1.82, 2.24) is 20.6 Å². The molecule has 3 N–H and O–H groups in total. The number of H-pyrrole nitrogens is 1. The molecule has 0 bridgehead atoms. The molecule has 1 aromatic carbocycles. The second-order valence-corrected chi connectivity index (χ2v) is 9.01. The molecule has 0 saturated carbocycles. The van der Waals surface area contributed by atoms with Gasteiger partial charge in [0.15, 0.2) is 6.29 Å². The van der Waals surface area contributed by atoms with E-state index in [-0.39, 0.29) is 5.91 Å². The van der Waals surface area contributed by atoms with Crippen LogP contribution in [-0.2, 0) is 4.79 Å². The van der Waals surface area contributed by atoms with Crippen LogP contribution >= 0.6 is 0 Å². The van der Waals surface area contributed by atoms with Crippen molar-refractivity contribution in [1.29, 1.82) is 0 Å². The summed E-state index contributed by atoms with van der Waals surface area (Å²) < 4.78 is 0. The minimum atomic E-state index is 0.0863. The number of benzene rings is 1. The Bertz CT molecular complexity index is 1130. The highest BCUT2D eigenvalue weighted by Crippen LogP contribution is 2.36. The molecule has 7 heteroatoms. The van der Waals surface area contributed by atoms with Crippen LogP contribution in [0, 0.1) is 0 Å². The number of carbonyl (C=O) groups excluding carboxylic acids is 2. The SMILES string of the molecule is O=Cc1cnc(N2CCCCCNC(=O)CC2)c2c1[nH]c1cc(C3CCNCC3)ccc12. The lowest BCUT2D eigenvalue weighted by Crippen LogP contribution is -2.34. The second-order valence-electron chi connectivity index (χ2n) is 9.01. The highest BCUT2D eigenvalue weighted by molar-refractivity contribution is 6.16. The molecule has 2 aliphatic heterocycles. The Labute approximate surface area is 188 Å². The molecule has 3 aromatic rings. The zero-order chi connectivity index (χ0) is 21.9. The number of nitrogens with zero attached hydrogens (tertiary/aromatic N) is 2. The van der Waals surface area contributed by atoms with Crippen LogP contribution in [0.2, 0.25) is 0 Å². The quantitative estimate of drug-likeness (QED) is 0.550. The molecule has 2 aromatic heterocycles. The normalized spacial score (nSPS) is 19.2. The van der Waals surface area contributed by atoms with Gasteiger partial charge in [0, 0.05) is 43.2 Å². The van der Waals surface area contributed by atoms with E-state index in [9.17, 15) is 9.59 Å². The molecule has 168 valence electrons. The van der Waals surface area contributed by atoms with Gasteiger partial charge in [-0.2, -0.15) is 0 Å². The van der Waals surface area contributed by atoms with E-state index in [0.717, 1.165) is 92.2 Å². The van der Waals surface area contributed by atoms with Gasteiger partial charge in [0.2, 0.25) is 5.91 Å². The number of pyridine rings is 1. The van der Waals surface area contributed by atoms with Crippen LogP contribution in [0.3, 0.4) is 0 Å². The molecule has 7 nitrogen and oxygen atoms in total. The van der Waals surface area contributed by atoms with E-state index in [1.165, 1.54) is 5.56 Å². The molecule has 0 aliphatic carbocycles. The number of amides is 1.